The maximum absolute atomic E-state index is 11.1. The third-order valence-electron chi connectivity index (χ3n) is 1.39. The Morgan fingerprint density at radius 2 is 2.46 bits per heavy atom. The lowest BCUT2D eigenvalue weighted by Crippen LogP contribution is -2.09. The third kappa shape index (κ3) is 2.25. The molecule has 1 aromatic rings. The Morgan fingerprint density at radius 3 is 2.92 bits per heavy atom. The number of hydrogen-bond donors (Lipinski definition) is 2. The Morgan fingerprint density at radius 1 is 1.77 bits per heavy atom. The molecule has 1 rings (SSSR count). The summed E-state index contributed by atoms with van der Waals surface area (Å²) in [6, 6.07) is -0.268. The van der Waals surface area contributed by atoms with Gasteiger partial charge in [-0.15, -0.1) is 5.10 Å². The quantitative estimate of drug-likeness (QED) is 0.645. The van der Waals surface area contributed by atoms with E-state index in [4.69, 9.17) is 10.5 Å². The molecule has 0 aliphatic rings. The summed E-state index contributed by atoms with van der Waals surface area (Å²) in [7, 11) is 0. The molecule has 13 heavy (non-hydrogen) atoms. The van der Waals surface area contributed by atoms with Crippen LogP contribution in [0.15, 0.2) is 0 Å². The van der Waals surface area contributed by atoms with Gasteiger partial charge in [0.2, 0.25) is 0 Å². The minimum absolute atomic E-state index is 0.0224. The van der Waals surface area contributed by atoms with Gasteiger partial charge in [-0.1, -0.05) is 0 Å². The van der Waals surface area contributed by atoms with Crippen LogP contribution in [0.25, 0.3) is 0 Å². The van der Waals surface area contributed by atoms with Crippen molar-refractivity contribution in [3.8, 4) is 0 Å². The number of ether oxygens (including phenoxy) is 1. The molecular formula is C7H12N4O2. The summed E-state index contributed by atoms with van der Waals surface area (Å²) < 4.78 is 4.70. The number of nitrogens with one attached hydrogen (secondary N) is 1. The molecule has 1 atom stereocenters. The number of carbonyl (C=O) groups excluding carboxylic acids is 1. The van der Waals surface area contributed by atoms with Crippen LogP contribution in [-0.2, 0) is 4.74 Å². The van der Waals surface area contributed by atoms with Crippen LogP contribution < -0.4 is 5.73 Å². The molecule has 1 aromatic heterocycles. The summed E-state index contributed by atoms with van der Waals surface area (Å²) in [5, 5.41) is 6.22. The number of rotatable bonds is 3. The standard InChI is InChI=1S/C7H12N4O2/c1-3-13-7(12)6-9-5(4(2)8)10-11-6/h4H,3,8H2,1-2H3,(H,9,10,11)/t4-/m0/s1. The van der Waals surface area contributed by atoms with Crippen LogP contribution in [0.2, 0.25) is 0 Å². The van der Waals surface area contributed by atoms with Crippen molar-refractivity contribution in [1.29, 1.82) is 0 Å². The molecule has 0 spiro atoms. The molecule has 6 heteroatoms. The number of H-pyrrole nitrogens is 1. The van der Waals surface area contributed by atoms with Gasteiger partial charge in [0, 0.05) is 0 Å². The SMILES string of the molecule is CCOC(=O)c1n[nH]c([C@H](C)N)n1. The first-order valence-electron chi connectivity index (χ1n) is 4.00. The predicted molar refractivity (Wildman–Crippen MR) is 44.9 cm³/mol. The Bertz CT molecular complexity index is 294. The van der Waals surface area contributed by atoms with E-state index in [-0.39, 0.29) is 11.9 Å². The van der Waals surface area contributed by atoms with Crippen molar-refractivity contribution < 1.29 is 9.53 Å². The zero-order chi connectivity index (χ0) is 9.84. The fraction of sp³-hybridized carbons (Fsp3) is 0.571. The van der Waals surface area contributed by atoms with E-state index < -0.39 is 5.97 Å². The van der Waals surface area contributed by atoms with Crippen molar-refractivity contribution in [2.45, 2.75) is 19.9 Å². The second kappa shape index (κ2) is 3.99. The summed E-state index contributed by atoms with van der Waals surface area (Å²) in [6.45, 7) is 3.77. The molecule has 0 fully saturated rings. The maximum atomic E-state index is 11.1. The zero-order valence-corrected chi connectivity index (χ0v) is 7.57. The molecular weight excluding hydrogens is 172 g/mol. The number of nitrogens with two attached hydrogens (primary N) is 1. The van der Waals surface area contributed by atoms with Crippen molar-refractivity contribution >= 4 is 5.97 Å². The Balaban J connectivity index is 2.73. The zero-order valence-electron chi connectivity index (χ0n) is 7.57. The van der Waals surface area contributed by atoms with Crippen molar-refractivity contribution in [1.82, 2.24) is 15.2 Å². The minimum atomic E-state index is -0.536. The summed E-state index contributed by atoms with van der Waals surface area (Å²) in [4.78, 5) is 14.9. The fourth-order valence-corrected chi connectivity index (χ4v) is 0.765. The molecule has 1 heterocycles. The van der Waals surface area contributed by atoms with E-state index in [1.807, 2.05) is 0 Å². The van der Waals surface area contributed by atoms with E-state index in [2.05, 4.69) is 15.2 Å². The monoisotopic (exact) mass is 184 g/mol. The van der Waals surface area contributed by atoms with Crippen molar-refractivity contribution in [2.24, 2.45) is 5.73 Å². The van der Waals surface area contributed by atoms with Crippen LogP contribution in [0, 0.1) is 0 Å². The van der Waals surface area contributed by atoms with Gasteiger partial charge in [0.05, 0.1) is 12.6 Å². The van der Waals surface area contributed by atoms with Crippen molar-refractivity contribution in [3.63, 3.8) is 0 Å². The number of aromatic nitrogens is 3. The summed E-state index contributed by atoms with van der Waals surface area (Å²) in [5.74, 6) is -0.0390. The van der Waals surface area contributed by atoms with Gasteiger partial charge in [0.25, 0.3) is 5.82 Å². The van der Waals surface area contributed by atoms with Crippen molar-refractivity contribution in [2.75, 3.05) is 6.61 Å². The molecule has 0 aliphatic carbocycles. The molecule has 3 N–H and O–H groups in total. The molecule has 0 unspecified atom stereocenters. The van der Waals surface area contributed by atoms with Crippen LogP contribution in [0.3, 0.4) is 0 Å². The number of nitrogens with zero attached hydrogens (tertiary/aromatic N) is 2. The molecule has 6 nitrogen and oxygen atoms in total. The van der Waals surface area contributed by atoms with Crippen LogP contribution in [0.5, 0.6) is 0 Å². The first-order valence-corrected chi connectivity index (χ1v) is 4.00. The van der Waals surface area contributed by atoms with Gasteiger partial charge in [0.15, 0.2) is 0 Å². The third-order valence-corrected chi connectivity index (χ3v) is 1.39. The van der Waals surface area contributed by atoms with Crippen LogP contribution >= 0.6 is 0 Å². The molecule has 0 bridgehead atoms. The largest absolute Gasteiger partial charge is 0.460 e. The van der Waals surface area contributed by atoms with Crippen LogP contribution in [0.4, 0.5) is 0 Å². The number of aromatic amines is 1. The average molecular weight is 184 g/mol. The van der Waals surface area contributed by atoms with Gasteiger partial charge < -0.3 is 10.5 Å². The number of carbonyl (C=O) groups is 1. The van der Waals surface area contributed by atoms with Crippen molar-refractivity contribution in [3.05, 3.63) is 11.6 Å². The first kappa shape index (κ1) is 9.66. The molecule has 0 aromatic carbocycles. The Hall–Kier alpha value is -1.43. The smallest absolute Gasteiger partial charge is 0.378 e. The van der Waals surface area contributed by atoms with Gasteiger partial charge in [-0.2, -0.15) is 0 Å². The lowest BCUT2D eigenvalue weighted by Gasteiger charge is -1.96. The molecule has 0 saturated heterocycles. The number of hydrogen-bond acceptors (Lipinski definition) is 5. The predicted octanol–water partition coefficient (Wildman–Crippen LogP) is 0.00110. The highest BCUT2D eigenvalue weighted by Crippen LogP contribution is 2.02. The van der Waals surface area contributed by atoms with Crippen LogP contribution in [0.1, 0.15) is 36.3 Å². The van der Waals surface area contributed by atoms with E-state index in [1.54, 1.807) is 13.8 Å². The normalized spacial score (nSPS) is 12.5. The molecule has 0 aliphatic heterocycles. The Labute approximate surface area is 75.5 Å². The van der Waals surface area contributed by atoms with E-state index >= 15 is 0 Å². The molecule has 72 valence electrons. The van der Waals surface area contributed by atoms with E-state index in [1.165, 1.54) is 0 Å². The Kier molecular flexibility index (Phi) is 2.97. The van der Waals surface area contributed by atoms with Gasteiger partial charge >= 0.3 is 5.97 Å². The fourth-order valence-electron chi connectivity index (χ4n) is 0.765. The van der Waals surface area contributed by atoms with Gasteiger partial charge in [0.1, 0.15) is 5.82 Å². The molecule has 0 radical (unpaired) electrons. The maximum Gasteiger partial charge on any atom is 0.378 e. The highest BCUT2D eigenvalue weighted by atomic mass is 16.5. The molecule has 0 saturated carbocycles. The summed E-state index contributed by atoms with van der Waals surface area (Å²) in [6.07, 6.45) is 0. The highest BCUT2D eigenvalue weighted by Gasteiger charge is 2.14. The minimum Gasteiger partial charge on any atom is -0.460 e. The second-order valence-corrected chi connectivity index (χ2v) is 2.55. The average Bonchev–Trinajstić information content (AvgIpc) is 2.52. The lowest BCUT2D eigenvalue weighted by molar-refractivity contribution is 0.0512. The highest BCUT2D eigenvalue weighted by molar-refractivity contribution is 5.84. The first-order chi connectivity index (χ1) is 6.15. The van der Waals surface area contributed by atoms with Crippen LogP contribution in [-0.4, -0.2) is 27.8 Å². The summed E-state index contributed by atoms with van der Waals surface area (Å²) >= 11 is 0. The van der Waals surface area contributed by atoms with E-state index in [9.17, 15) is 4.79 Å². The second-order valence-electron chi connectivity index (χ2n) is 2.55. The lowest BCUT2D eigenvalue weighted by atomic mass is 10.3. The van der Waals surface area contributed by atoms with Gasteiger partial charge in [-0.3, -0.25) is 5.10 Å². The summed E-state index contributed by atoms with van der Waals surface area (Å²) in [5.41, 5.74) is 5.52. The van der Waals surface area contributed by atoms with E-state index in [0.29, 0.717) is 12.4 Å². The molecule has 0 amide bonds. The van der Waals surface area contributed by atoms with E-state index in [0.717, 1.165) is 0 Å². The van der Waals surface area contributed by atoms with Gasteiger partial charge in [-0.05, 0) is 13.8 Å². The number of esters is 1. The van der Waals surface area contributed by atoms with Gasteiger partial charge in [-0.25, -0.2) is 9.78 Å². The topological polar surface area (TPSA) is 93.9 Å².